The van der Waals surface area contributed by atoms with E-state index in [0.29, 0.717) is 5.56 Å². The lowest BCUT2D eigenvalue weighted by Gasteiger charge is -2.09. The zero-order chi connectivity index (χ0) is 14.8. The lowest BCUT2D eigenvalue weighted by Crippen LogP contribution is -2.05. The largest absolute Gasteiger partial charge is 0.489 e. The summed E-state index contributed by atoms with van der Waals surface area (Å²) >= 11 is 0. The van der Waals surface area contributed by atoms with Gasteiger partial charge in [0.05, 0.1) is 10.5 Å². The molecule has 0 amide bonds. The number of nitrogens with zero attached hydrogens (tertiary/aromatic N) is 1. The second kappa shape index (κ2) is 5.54. The summed E-state index contributed by atoms with van der Waals surface area (Å²) in [4.78, 5) is 10.6. The Morgan fingerprint density at radius 3 is 2.90 bits per heavy atom. The minimum Gasteiger partial charge on any atom is -0.489 e. The number of ether oxygens (including phenoxy) is 1. The van der Waals surface area contributed by atoms with Gasteiger partial charge in [0.1, 0.15) is 12.4 Å². The van der Waals surface area contributed by atoms with Crippen molar-refractivity contribution in [2.45, 2.75) is 25.5 Å². The summed E-state index contributed by atoms with van der Waals surface area (Å²) in [6, 6.07) is 12.6. The van der Waals surface area contributed by atoms with Crippen LogP contribution in [0.25, 0.3) is 0 Å². The zero-order valence-electron chi connectivity index (χ0n) is 11.5. The third kappa shape index (κ3) is 2.73. The maximum absolute atomic E-state index is 11.0. The summed E-state index contributed by atoms with van der Waals surface area (Å²) in [7, 11) is 0. The Labute approximate surface area is 122 Å². The number of nitro groups is 1. The first-order chi connectivity index (χ1) is 10.1. The van der Waals surface area contributed by atoms with Gasteiger partial charge < -0.3 is 10.5 Å². The number of hydrogen-bond donors (Lipinski definition) is 1. The Bertz CT molecular complexity index is 685. The van der Waals surface area contributed by atoms with Gasteiger partial charge in [0.15, 0.2) is 0 Å². The number of hydrogen-bond acceptors (Lipinski definition) is 4. The zero-order valence-corrected chi connectivity index (χ0v) is 11.5. The number of aryl methyl sites for hydroxylation is 1. The van der Waals surface area contributed by atoms with E-state index < -0.39 is 0 Å². The van der Waals surface area contributed by atoms with E-state index in [0.717, 1.165) is 18.6 Å². The maximum Gasteiger partial charge on any atom is 0.276 e. The van der Waals surface area contributed by atoms with Gasteiger partial charge in [0.2, 0.25) is 0 Å². The molecule has 0 bridgehead atoms. The molecule has 1 aliphatic carbocycles. The van der Waals surface area contributed by atoms with E-state index in [4.69, 9.17) is 10.5 Å². The van der Waals surface area contributed by atoms with Crippen LogP contribution in [0, 0.1) is 10.1 Å². The SMILES string of the molecule is NC1CCc2cc(OCc3ccccc3[N+](=O)[O-])ccc21. The number of rotatable bonds is 4. The monoisotopic (exact) mass is 284 g/mol. The van der Waals surface area contributed by atoms with Crippen molar-refractivity contribution in [1.82, 2.24) is 0 Å². The van der Waals surface area contributed by atoms with E-state index >= 15 is 0 Å². The van der Waals surface area contributed by atoms with Gasteiger partial charge in [-0.05, 0) is 42.2 Å². The first-order valence-corrected chi connectivity index (χ1v) is 6.88. The van der Waals surface area contributed by atoms with Crippen LogP contribution in [0.4, 0.5) is 5.69 Å². The molecule has 0 saturated carbocycles. The lowest BCUT2D eigenvalue weighted by molar-refractivity contribution is -0.385. The molecule has 0 aromatic heterocycles. The van der Waals surface area contributed by atoms with Crippen molar-refractivity contribution in [1.29, 1.82) is 0 Å². The van der Waals surface area contributed by atoms with Crippen LogP contribution in [-0.4, -0.2) is 4.92 Å². The summed E-state index contributed by atoms with van der Waals surface area (Å²) < 4.78 is 5.70. The summed E-state index contributed by atoms with van der Waals surface area (Å²) in [6.45, 7) is 0.183. The molecule has 5 nitrogen and oxygen atoms in total. The predicted molar refractivity (Wildman–Crippen MR) is 79.1 cm³/mol. The van der Waals surface area contributed by atoms with Crippen molar-refractivity contribution in [2.24, 2.45) is 5.73 Å². The highest BCUT2D eigenvalue weighted by Crippen LogP contribution is 2.32. The summed E-state index contributed by atoms with van der Waals surface area (Å²) in [5, 5.41) is 11.0. The normalized spacial score (nSPS) is 16.5. The van der Waals surface area contributed by atoms with Crippen molar-refractivity contribution >= 4 is 5.69 Å². The molecule has 1 unspecified atom stereocenters. The summed E-state index contributed by atoms with van der Waals surface area (Å²) in [6.07, 6.45) is 1.92. The Kier molecular flexibility index (Phi) is 3.58. The Balaban J connectivity index is 1.76. The molecular formula is C16H16N2O3. The van der Waals surface area contributed by atoms with Crippen LogP contribution in [0.1, 0.15) is 29.2 Å². The molecule has 0 heterocycles. The molecule has 0 aliphatic heterocycles. The third-order valence-electron chi connectivity index (χ3n) is 3.82. The molecule has 2 aromatic carbocycles. The molecule has 21 heavy (non-hydrogen) atoms. The highest BCUT2D eigenvalue weighted by Gasteiger charge is 2.19. The molecule has 0 fully saturated rings. The van der Waals surface area contributed by atoms with E-state index in [1.54, 1.807) is 18.2 Å². The first-order valence-electron chi connectivity index (χ1n) is 6.88. The van der Waals surface area contributed by atoms with Crippen LogP contribution >= 0.6 is 0 Å². The Morgan fingerprint density at radius 1 is 1.29 bits per heavy atom. The fourth-order valence-corrected chi connectivity index (χ4v) is 2.69. The Morgan fingerprint density at radius 2 is 2.10 bits per heavy atom. The highest BCUT2D eigenvalue weighted by atomic mass is 16.6. The molecule has 2 N–H and O–H groups in total. The minimum atomic E-state index is -0.388. The van der Waals surface area contributed by atoms with Gasteiger partial charge in [-0.2, -0.15) is 0 Å². The van der Waals surface area contributed by atoms with Crippen molar-refractivity contribution in [2.75, 3.05) is 0 Å². The van der Waals surface area contributed by atoms with Crippen molar-refractivity contribution in [3.8, 4) is 5.75 Å². The van der Waals surface area contributed by atoms with Crippen molar-refractivity contribution in [3.63, 3.8) is 0 Å². The molecule has 1 aliphatic rings. The standard InChI is InChI=1S/C16H16N2O3/c17-15-8-5-11-9-13(6-7-14(11)15)21-10-12-3-1-2-4-16(12)18(19)20/h1-4,6-7,9,15H,5,8,10,17H2. The fraction of sp³-hybridized carbons (Fsp3) is 0.250. The quantitative estimate of drug-likeness (QED) is 0.691. The minimum absolute atomic E-state index is 0.0840. The fourth-order valence-electron chi connectivity index (χ4n) is 2.69. The molecule has 0 saturated heterocycles. The van der Waals surface area contributed by atoms with Crippen molar-refractivity contribution < 1.29 is 9.66 Å². The number of fused-ring (bicyclic) bond motifs is 1. The van der Waals surface area contributed by atoms with Crippen LogP contribution < -0.4 is 10.5 Å². The number of nitrogens with two attached hydrogens (primary N) is 1. The van der Waals surface area contributed by atoms with E-state index in [1.807, 2.05) is 18.2 Å². The van der Waals surface area contributed by atoms with Crippen LogP contribution in [0.5, 0.6) is 5.75 Å². The molecule has 1 atom stereocenters. The molecule has 0 radical (unpaired) electrons. The van der Waals surface area contributed by atoms with Gasteiger partial charge in [0, 0.05) is 12.1 Å². The van der Waals surface area contributed by atoms with Crippen molar-refractivity contribution in [3.05, 3.63) is 69.3 Å². The van der Waals surface area contributed by atoms with Crippen LogP contribution in [-0.2, 0) is 13.0 Å². The molecule has 108 valence electrons. The van der Waals surface area contributed by atoms with Gasteiger partial charge >= 0.3 is 0 Å². The van der Waals surface area contributed by atoms with Gasteiger partial charge in [0.25, 0.3) is 5.69 Å². The van der Waals surface area contributed by atoms with Gasteiger partial charge in [-0.1, -0.05) is 18.2 Å². The first kappa shape index (κ1) is 13.6. The number of benzene rings is 2. The predicted octanol–water partition coefficient (Wildman–Crippen LogP) is 3.12. The average Bonchev–Trinajstić information content (AvgIpc) is 2.86. The molecule has 2 aromatic rings. The summed E-state index contributed by atoms with van der Waals surface area (Å²) in [5.74, 6) is 0.723. The molecule has 0 spiro atoms. The van der Waals surface area contributed by atoms with Gasteiger partial charge in [-0.3, -0.25) is 10.1 Å². The maximum atomic E-state index is 11.0. The number of para-hydroxylation sites is 1. The average molecular weight is 284 g/mol. The number of nitro benzene ring substituents is 1. The van der Waals surface area contributed by atoms with Crippen LogP contribution in [0.15, 0.2) is 42.5 Å². The Hall–Kier alpha value is -2.40. The topological polar surface area (TPSA) is 78.4 Å². The van der Waals surface area contributed by atoms with Crippen LogP contribution in [0.3, 0.4) is 0 Å². The molecular weight excluding hydrogens is 268 g/mol. The van der Waals surface area contributed by atoms with E-state index in [-0.39, 0.29) is 23.3 Å². The van der Waals surface area contributed by atoms with E-state index in [9.17, 15) is 10.1 Å². The van der Waals surface area contributed by atoms with Gasteiger partial charge in [-0.15, -0.1) is 0 Å². The van der Waals surface area contributed by atoms with E-state index in [2.05, 4.69) is 0 Å². The van der Waals surface area contributed by atoms with Crippen LogP contribution in [0.2, 0.25) is 0 Å². The second-order valence-electron chi connectivity index (χ2n) is 5.18. The molecule has 3 rings (SSSR count). The highest BCUT2D eigenvalue weighted by molar-refractivity contribution is 5.42. The third-order valence-corrected chi connectivity index (χ3v) is 3.82. The molecule has 5 heteroatoms. The van der Waals surface area contributed by atoms with E-state index in [1.165, 1.54) is 17.2 Å². The van der Waals surface area contributed by atoms with Gasteiger partial charge in [-0.25, -0.2) is 0 Å². The smallest absolute Gasteiger partial charge is 0.276 e. The second-order valence-corrected chi connectivity index (χ2v) is 5.18. The lowest BCUT2D eigenvalue weighted by atomic mass is 10.1. The summed E-state index contributed by atoms with van der Waals surface area (Å²) in [5.41, 5.74) is 9.04.